The molecule has 1 fully saturated rings. The first kappa shape index (κ1) is 30.2. The zero-order chi connectivity index (χ0) is 25.1. The summed E-state index contributed by atoms with van der Waals surface area (Å²) < 4.78 is 19.9. The van der Waals surface area contributed by atoms with Crippen molar-refractivity contribution in [3.05, 3.63) is 28.4 Å². The quantitative estimate of drug-likeness (QED) is 0.137. The minimum absolute atomic E-state index is 0.0138. The molecule has 0 saturated carbocycles. The van der Waals surface area contributed by atoms with Crippen LogP contribution in [0.1, 0.15) is 57.8 Å². The lowest BCUT2D eigenvalue weighted by atomic mass is 9.79. The Morgan fingerprint density at radius 1 is 1.09 bits per heavy atom. The molecular weight excluding hydrogens is 878 g/mol. The molecule has 186 valence electrons. The standard InChI is InChI=1S/C23H31I4NO5/c1-13(24)20(29)33-16(11-31-15-9-22(2,3)28(6)23(4,5)10-15)12-32-21(30)17-7-14(25)8-18(26)19(17)27/h7-8,13,15-16H,9-12H2,1-6H3. The second-order valence-corrected chi connectivity index (χ2v) is 14.9. The number of nitrogens with zero attached hydrogens (tertiary/aromatic N) is 1. The van der Waals surface area contributed by atoms with E-state index in [4.69, 9.17) is 14.2 Å². The fourth-order valence-electron chi connectivity index (χ4n) is 3.97. The van der Waals surface area contributed by atoms with Crippen molar-refractivity contribution in [1.29, 1.82) is 0 Å². The molecule has 1 heterocycles. The number of hydrogen-bond donors (Lipinski definition) is 0. The Bertz CT molecular complexity index is 857. The van der Waals surface area contributed by atoms with Gasteiger partial charge in [-0.2, -0.15) is 0 Å². The number of hydrogen-bond acceptors (Lipinski definition) is 6. The third-order valence-corrected chi connectivity index (χ3v) is 10.2. The van der Waals surface area contributed by atoms with Gasteiger partial charge in [0.25, 0.3) is 0 Å². The Morgan fingerprint density at radius 3 is 2.21 bits per heavy atom. The third kappa shape index (κ3) is 8.52. The van der Waals surface area contributed by atoms with Crippen LogP contribution in [0.2, 0.25) is 0 Å². The Balaban J connectivity index is 2.08. The van der Waals surface area contributed by atoms with E-state index in [-0.39, 0.29) is 40.3 Å². The van der Waals surface area contributed by atoms with Gasteiger partial charge in [-0.25, -0.2) is 4.79 Å². The van der Waals surface area contributed by atoms with Crippen molar-refractivity contribution in [3.63, 3.8) is 0 Å². The third-order valence-electron chi connectivity index (χ3n) is 6.01. The monoisotopic (exact) mass is 909 g/mol. The van der Waals surface area contributed by atoms with Gasteiger partial charge in [0, 0.05) is 21.8 Å². The van der Waals surface area contributed by atoms with Gasteiger partial charge in [-0.1, -0.05) is 22.6 Å². The van der Waals surface area contributed by atoms with E-state index in [1.807, 2.05) is 28.7 Å². The number of esters is 2. The summed E-state index contributed by atoms with van der Waals surface area (Å²) in [4.78, 5) is 27.5. The molecule has 33 heavy (non-hydrogen) atoms. The van der Waals surface area contributed by atoms with Crippen molar-refractivity contribution in [1.82, 2.24) is 4.90 Å². The first-order valence-corrected chi connectivity index (χ1v) is 15.1. The van der Waals surface area contributed by atoms with Crippen molar-refractivity contribution in [2.75, 3.05) is 20.3 Å². The number of rotatable bonds is 8. The van der Waals surface area contributed by atoms with E-state index in [1.165, 1.54) is 0 Å². The topological polar surface area (TPSA) is 65.1 Å². The Kier molecular flexibility index (Phi) is 11.4. The zero-order valence-corrected chi connectivity index (χ0v) is 28.3. The highest BCUT2D eigenvalue weighted by Crippen LogP contribution is 2.38. The van der Waals surface area contributed by atoms with Gasteiger partial charge in [-0.3, -0.25) is 9.69 Å². The van der Waals surface area contributed by atoms with E-state index in [0.29, 0.717) is 5.56 Å². The van der Waals surface area contributed by atoms with Crippen LogP contribution in [-0.2, 0) is 19.0 Å². The lowest BCUT2D eigenvalue weighted by Crippen LogP contribution is -2.60. The van der Waals surface area contributed by atoms with E-state index in [2.05, 4.69) is 107 Å². The number of halogens is 4. The van der Waals surface area contributed by atoms with Crippen LogP contribution in [0.4, 0.5) is 0 Å². The molecule has 0 radical (unpaired) electrons. The average Bonchev–Trinajstić information content (AvgIpc) is 2.69. The highest BCUT2D eigenvalue weighted by atomic mass is 127. The van der Waals surface area contributed by atoms with Crippen LogP contribution in [0.15, 0.2) is 12.1 Å². The Hall–Kier alpha value is 1.000. The molecule has 1 aliphatic heterocycles. The molecule has 6 nitrogen and oxygen atoms in total. The second kappa shape index (κ2) is 12.5. The smallest absolute Gasteiger partial charge is 0.339 e. The maximum atomic E-state index is 12.8. The number of ether oxygens (including phenoxy) is 3. The van der Waals surface area contributed by atoms with Crippen LogP contribution in [-0.4, -0.2) is 64.3 Å². The van der Waals surface area contributed by atoms with Crippen molar-refractivity contribution < 1.29 is 23.8 Å². The zero-order valence-electron chi connectivity index (χ0n) is 19.7. The van der Waals surface area contributed by atoms with Gasteiger partial charge in [0.2, 0.25) is 0 Å². The summed E-state index contributed by atoms with van der Waals surface area (Å²) in [5, 5.41) is 0. The van der Waals surface area contributed by atoms with E-state index < -0.39 is 12.1 Å². The lowest BCUT2D eigenvalue weighted by Gasteiger charge is -2.53. The number of benzene rings is 1. The lowest BCUT2D eigenvalue weighted by molar-refractivity contribution is -0.159. The Morgan fingerprint density at radius 2 is 1.67 bits per heavy atom. The van der Waals surface area contributed by atoms with E-state index in [0.717, 1.165) is 23.6 Å². The van der Waals surface area contributed by atoms with E-state index >= 15 is 0 Å². The normalized spacial score (nSPS) is 20.2. The van der Waals surface area contributed by atoms with Crippen molar-refractivity contribution in [2.24, 2.45) is 0 Å². The molecule has 1 saturated heterocycles. The fraction of sp³-hybridized carbons (Fsp3) is 0.652. The van der Waals surface area contributed by atoms with Crippen LogP contribution < -0.4 is 0 Å². The summed E-state index contributed by atoms with van der Waals surface area (Å²) in [5.41, 5.74) is 0.485. The minimum atomic E-state index is -0.663. The van der Waals surface area contributed by atoms with Crippen LogP contribution >= 0.6 is 90.4 Å². The molecular formula is C23H31I4NO5. The number of carbonyl (C=O) groups excluding carboxylic acids is 2. The van der Waals surface area contributed by atoms with Crippen LogP contribution in [0, 0.1) is 10.7 Å². The van der Waals surface area contributed by atoms with Crippen LogP contribution in [0.3, 0.4) is 0 Å². The first-order chi connectivity index (χ1) is 15.1. The number of piperidine rings is 1. The molecule has 2 atom stereocenters. The molecule has 1 aromatic carbocycles. The van der Waals surface area contributed by atoms with Crippen molar-refractivity contribution in [2.45, 2.75) is 74.7 Å². The molecule has 1 aliphatic rings. The van der Waals surface area contributed by atoms with Crippen molar-refractivity contribution >= 4 is 102 Å². The predicted octanol–water partition coefficient (Wildman–Crippen LogP) is 6.06. The van der Waals surface area contributed by atoms with Gasteiger partial charge in [0.05, 0.1) is 18.3 Å². The molecule has 10 heteroatoms. The Labute approximate surface area is 251 Å². The summed E-state index contributed by atoms with van der Waals surface area (Å²) in [6, 6.07) is 3.81. The summed E-state index contributed by atoms with van der Waals surface area (Å²) in [6.07, 6.45) is 1.10. The minimum Gasteiger partial charge on any atom is -0.458 e. The van der Waals surface area contributed by atoms with Crippen LogP contribution in [0.5, 0.6) is 0 Å². The molecule has 2 rings (SSSR count). The maximum absolute atomic E-state index is 12.8. The van der Waals surface area contributed by atoms with Gasteiger partial charge in [0.15, 0.2) is 6.10 Å². The summed E-state index contributed by atoms with van der Waals surface area (Å²) in [6.45, 7) is 10.8. The second-order valence-electron chi connectivity index (χ2n) is 9.57. The molecule has 2 unspecified atom stereocenters. The highest BCUT2D eigenvalue weighted by Gasteiger charge is 2.43. The summed E-state index contributed by atoms with van der Waals surface area (Å²) >= 11 is 8.55. The van der Waals surface area contributed by atoms with Gasteiger partial charge in [0.1, 0.15) is 10.5 Å². The highest BCUT2D eigenvalue weighted by molar-refractivity contribution is 14.1. The first-order valence-electron chi connectivity index (χ1n) is 10.7. The maximum Gasteiger partial charge on any atom is 0.339 e. The summed E-state index contributed by atoms with van der Waals surface area (Å²) in [7, 11) is 2.15. The number of carbonyl (C=O) groups is 2. The van der Waals surface area contributed by atoms with E-state index in [9.17, 15) is 9.59 Å². The fourth-order valence-corrected chi connectivity index (χ4v) is 6.49. The molecule has 0 N–H and O–H groups in total. The molecule has 0 aromatic heterocycles. The molecule has 0 spiro atoms. The SMILES string of the molecule is CC(I)C(=O)OC(COC(=O)c1cc(I)cc(I)c1I)COC1CC(C)(C)N(C)C(C)(C)C1. The van der Waals surface area contributed by atoms with Crippen LogP contribution in [0.25, 0.3) is 0 Å². The molecule has 1 aromatic rings. The van der Waals surface area contributed by atoms with Gasteiger partial charge in [-0.05, 0) is 134 Å². The summed E-state index contributed by atoms with van der Waals surface area (Å²) in [5.74, 6) is -0.774. The van der Waals surface area contributed by atoms with Crippen molar-refractivity contribution in [3.8, 4) is 0 Å². The van der Waals surface area contributed by atoms with Gasteiger partial charge >= 0.3 is 11.9 Å². The average molecular weight is 909 g/mol. The number of likely N-dealkylation sites (tertiary alicyclic amines) is 1. The predicted molar refractivity (Wildman–Crippen MR) is 163 cm³/mol. The largest absolute Gasteiger partial charge is 0.458 e. The molecule has 0 amide bonds. The molecule has 0 bridgehead atoms. The number of alkyl halides is 1. The van der Waals surface area contributed by atoms with Gasteiger partial charge < -0.3 is 14.2 Å². The molecule has 0 aliphatic carbocycles. The van der Waals surface area contributed by atoms with Gasteiger partial charge in [-0.15, -0.1) is 0 Å². The van der Waals surface area contributed by atoms with E-state index in [1.54, 1.807) is 13.0 Å².